The first-order chi connectivity index (χ1) is 33.1. The van der Waals surface area contributed by atoms with Gasteiger partial charge in [-0.05, 0) is 107 Å². The third kappa shape index (κ3) is 7.62. The van der Waals surface area contributed by atoms with E-state index in [1.54, 1.807) is 84.9 Å². The lowest BCUT2D eigenvalue weighted by Crippen LogP contribution is -2.05. The number of ether oxygens (including phenoxy) is 6. The molecule has 0 atom stereocenters. The molecule has 0 spiro atoms. The van der Waals surface area contributed by atoms with Crippen molar-refractivity contribution >= 4 is 71.6 Å². The van der Waals surface area contributed by atoms with Crippen LogP contribution in [0.1, 0.15) is 158 Å². The Labute approximate surface area is 385 Å². The van der Waals surface area contributed by atoms with E-state index >= 15 is 0 Å². The van der Waals surface area contributed by atoms with Gasteiger partial charge in [-0.15, -0.1) is 0 Å². The quantitative estimate of drug-likeness (QED) is 0.110. The number of cyclic esters (lactones) is 12. The number of hydrogen-bond donors (Lipinski definition) is 0. The fourth-order valence-electron chi connectivity index (χ4n) is 8.43. The van der Waals surface area contributed by atoms with Crippen LogP contribution in [0, 0.1) is 0 Å². The number of fused-ring (bicyclic) bond motifs is 6. The number of hydrogen-bond acceptors (Lipinski definition) is 18. The van der Waals surface area contributed by atoms with Crippen LogP contribution in [0.4, 0.5) is 0 Å². The van der Waals surface area contributed by atoms with Gasteiger partial charge in [-0.2, -0.15) is 0 Å². The standard InChI is InChI=1S/3C17H8O6/c18-14-10-3-1-8(6-12(10)16(20)22-14)5-9-2-4-11-13(7-9)17(21)23-15(11)19;18-14-10-5-1-3-8(12(10)16(20)22-14)7-9-4-2-6-11-13(9)17(21)23-15(11)19;18-14-10-5-4-8(7-12(10)16(20)22-14)6-9-2-1-3-11-13(9)17(21)23-15(11)19/h1-4,6-7H,5H2;1-6H,7H2;1-5,7H,6H2. The van der Waals surface area contributed by atoms with Gasteiger partial charge in [0.25, 0.3) is 0 Å². The minimum Gasteiger partial charge on any atom is -0.386 e. The molecule has 0 saturated carbocycles. The van der Waals surface area contributed by atoms with Gasteiger partial charge < -0.3 is 28.4 Å². The van der Waals surface area contributed by atoms with Crippen molar-refractivity contribution in [2.45, 2.75) is 19.3 Å². The summed E-state index contributed by atoms with van der Waals surface area (Å²) in [5.74, 6) is -8.04. The van der Waals surface area contributed by atoms with Gasteiger partial charge >= 0.3 is 71.6 Å². The van der Waals surface area contributed by atoms with Crippen LogP contribution in [0.15, 0.2) is 109 Å². The molecule has 0 bridgehead atoms. The highest BCUT2D eigenvalue weighted by atomic mass is 16.6. The molecule has 6 aliphatic rings. The summed E-state index contributed by atoms with van der Waals surface area (Å²) < 4.78 is 27.5. The molecule has 6 aliphatic heterocycles. The van der Waals surface area contributed by atoms with Crippen LogP contribution in [0.5, 0.6) is 0 Å². The molecule has 0 fully saturated rings. The van der Waals surface area contributed by atoms with Crippen LogP contribution in [0.2, 0.25) is 0 Å². The number of rotatable bonds is 6. The minimum atomic E-state index is -0.702. The third-order valence-electron chi connectivity index (χ3n) is 11.6. The SMILES string of the molecule is O=C1OC(=O)c2c(Cc3cccc4c3C(=O)OC4=O)cccc21.O=C1OC(=O)c2cc(Cc3ccc4c(c3)C(=O)OC4=O)ccc21.O=C1OC(=O)c2cc(Cc3cccc4c3C(=O)OC4=O)ccc21. The molecule has 18 nitrogen and oxygen atoms in total. The molecule has 0 aromatic heterocycles. The molecule has 69 heavy (non-hydrogen) atoms. The number of esters is 12. The highest BCUT2D eigenvalue weighted by Gasteiger charge is 2.37. The predicted molar refractivity (Wildman–Crippen MR) is 226 cm³/mol. The van der Waals surface area contributed by atoms with Crippen molar-refractivity contribution in [2.24, 2.45) is 0 Å². The van der Waals surface area contributed by atoms with E-state index in [1.165, 1.54) is 24.3 Å². The van der Waals surface area contributed by atoms with Crippen molar-refractivity contribution < 1.29 is 86.0 Å². The molecule has 6 aromatic carbocycles. The van der Waals surface area contributed by atoms with Gasteiger partial charge in [-0.1, -0.05) is 54.6 Å². The molecule has 0 radical (unpaired) electrons. The summed E-state index contributed by atoms with van der Waals surface area (Å²) in [4.78, 5) is 139. The zero-order valence-corrected chi connectivity index (χ0v) is 34.9. The Bertz CT molecular complexity index is 3330. The molecule has 12 rings (SSSR count). The molecule has 0 N–H and O–H groups in total. The van der Waals surface area contributed by atoms with E-state index in [0.717, 1.165) is 16.7 Å². The van der Waals surface area contributed by atoms with Crippen molar-refractivity contribution in [3.05, 3.63) is 209 Å². The zero-order valence-electron chi connectivity index (χ0n) is 34.9. The Balaban J connectivity index is 0.000000120. The van der Waals surface area contributed by atoms with Crippen molar-refractivity contribution in [3.8, 4) is 0 Å². The average Bonchev–Trinajstić information content (AvgIpc) is 4.12. The van der Waals surface area contributed by atoms with Crippen LogP contribution < -0.4 is 0 Å². The van der Waals surface area contributed by atoms with Gasteiger partial charge in [0.2, 0.25) is 0 Å². The summed E-state index contributed by atoms with van der Waals surface area (Å²) in [6.45, 7) is 0. The van der Waals surface area contributed by atoms with Crippen LogP contribution >= 0.6 is 0 Å². The molecule has 6 heterocycles. The molecule has 6 aromatic rings. The molecular weight excluding hydrogens is 901 g/mol. The fraction of sp³-hybridized carbons (Fsp3) is 0.0588. The van der Waals surface area contributed by atoms with E-state index in [9.17, 15) is 57.5 Å². The highest BCUT2D eigenvalue weighted by molar-refractivity contribution is 6.19. The van der Waals surface area contributed by atoms with Crippen molar-refractivity contribution in [1.82, 2.24) is 0 Å². The topological polar surface area (TPSA) is 260 Å². The van der Waals surface area contributed by atoms with Crippen molar-refractivity contribution in [2.75, 3.05) is 0 Å². The molecule has 0 amide bonds. The number of carbonyl (C=O) groups is 12. The maximum absolute atomic E-state index is 11.8. The molecule has 18 heteroatoms. The second-order valence-electron chi connectivity index (χ2n) is 15.8. The minimum absolute atomic E-state index is 0.202. The molecule has 336 valence electrons. The zero-order chi connectivity index (χ0) is 48.4. The first-order valence-electron chi connectivity index (χ1n) is 20.5. The van der Waals surface area contributed by atoms with E-state index < -0.39 is 71.6 Å². The lowest BCUT2D eigenvalue weighted by molar-refractivity contribution is 0.0425. The Morgan fingerprint density at radius 1 is 0.232 bits per heavy atom. The molecule has 0 aliphatic carbocycles. The Morgan fingerprint density at radius 2 is 0.493 bits per heavy atom. The average molecular weight is 925 g/mol. The van der Waals surface area contributed by atoms with E-state index in [2.05, 4.69) is 28.4 Å². The maximum Gasteiger partial charge on any atom is 0.347 e. The van der Waals surface area contributed by atoms with Crippen LogP contribution in [-0.2, 0) is 47.7 Å². The van der Waals surface area contributed by atoms with Gasteiger partial charge in [-0.25, -0.2) is 57.5 Å². The smallest absolute Gasteiger partial charge is 0.347 e. The fourth-order valence-corrected chi connectivity index (χ4v) is 8.43. The molecule has 0 unspecified atom stereocenters. The van der Waals surface area contributed by atoms with Gasteiger partial charge in [0, 0.05) is 0 Å². The normalized spacial score (nSPS) is 15.3. The second-order valence-corrected chi connectivity index (χ2v) is 15.8. The van der Waals surface area contributed by atoms with Gasteiger partial charge in [0.15, 0.2) is 0 Å². The first kappa shape index (κ1) is 43.1. The number of benzene rings is 6. The Hall–Kier alpha value is -9.84. The van der Waals surface area contributed by atoms with Crippen LogP contribution in [0.25, 0.3) is 0 Å². The van der Waals surface area contributed by atoms with Crippen LogP contribution in [-0.4, -0.2) is 71.6 Å². The van der Waals surface area contributed by atoms with Gasteiger partial charge in [0.1, 0.15) is 0 Å². The summed E-state index contributed by atoms with van der Waals surface area (Å²) in [7, 11) is 0. The van der Waals surface area contributed by atoms with Gasteiger partial charge in [-0.3, -0.25) is 0 Å². The van der Waals surface area contributed by atoms with E-state index in [0.29, 0.717) is 29.5 Å². The summed E-state index contributed by atoms with van der Waals surface area (Å²) in [5, 5.41) is 0. The maximum atomic E-state index is 11.8. The summed E-state index contributed by atoms with van der Waals surface area (Å²) in [5.41, 5.74) is 6.74. The first-order valence-corrected chi connectivity index (χ1v) is 20.5. The predicted octanol–water partition coefficient (Wildman–Crippen LogP) is 5.70. The van der Waals surface area contributed by atoms with E-state index in [1.807, 2.05) is 0 Å². The van der Waals surface area contributed by atoms with E-state index in [4.69, 9.17) is 0 Å². The Morgan fingerprint density at radius 3 is 0.826 bits per heavy atom. The largest absolute Gasteiger partial charge is 0.386 e. The lowest BCUT2D eigenvalue weighted by Gasteiger charge is -2.07. The number of carbonyl (C=O) groups excluding carboxylic acids is 12. The summed E-state index contributed by atoms with van der Waals surface area (Å²) in [6.07, 6.45) is 0.959. The third-order valence-corrected chi connectivity index (χ3v) is 11.6. The highest BCUT2D eigenvalue weighted by Crippen LogP contribution is 2.31. The summed E-state index contributed by atoms with van der Waals surface area (Å²) in [6, 6.07) is 29.1. The van der Waals surface area contributed by atoms with Crippen molar-refractivity contribution in [1.29, 1.82) is 0 Å². The van der Waals surface area contributed by atoms with Crippen LogP contribution in [0.3, 0.4) is 0 Å². The molecule has 0 saturated heterocycles. The monoisotopic (exact) mass is 924 g/mol. The second kappa shape index (κ2) is 16.5. The Kier molecular flexibility index (Phi) is 10.3. The lowest BCUT2D eigenvalue weighted by atomic mass is 9.93. The summed E-state index contributed by atoms with van der Waals surface area (Å²) >= 11 is 0. The van der Waals surface area contributed by atoms with E-state index in [-0.39, 0.29) is 73.2 Å². The van der Waals surface area contributed by atoms with Gasteiger partial charge in [0.05, 0.1) is 66.8 Å². The molecular formula is C51H24O18. The van der Waals surface area contributed by atoms with Crippen molar-refractivity contribution in [3.63, 3.8) is 0 Å².